The molecule has 0 radical (unpaired) electrons. The first-order chi connectivity index (χ1) is 17.0. The summed E-state index contributed by atoms with van der Waals surface area (Å²) in [5.74, 6) is 0.373. The lowest BCUT2D eigenvalue weighted by molar-refractivity contribution is -0.141. The average molecular weight is 480 g/mol. The number of carbonyl (C=O) groups excluding carboxylic acids is 2. The van der Waals surface area contributed by atoms with Crippen LogP contribution in [0.4, 0.5) is 21.9 Å². The molecule has 1 aliphatic heterocycles. The highest BCUT2D eigenvalue weighted by Gasteiger charge is 2.35. The fourth-order valence-electron chi connectivity index (χ4n) is 5.00. The summed E-state index contributed by atoms with van der Waals surface area (Å²) in [5.41, 5.74) is 4.70. The molecule has 7 heteroatoms. The van der Waals surface area contributed by atoms with Crippen LogP contribution in [0, 0.1) is 12.8 Å². The number of amides is 2. The van der Waals surface area contributed by atoms with Crippen molar-refractivity contribution < 1.29 is 19.1 Å². The van der Waals surface area contributed by atoms with E-state index in [-0.39, 0.29) is 17.9 Å². The monoisotopic (exact) mass is 479 g/mol. The van der Waals surface area contributed by atoms with Crippen molar-refractivity contribution in [1.29, 1.82) is 0 Å². The van der Waals surface area contributed by atoms with Crippen molar-refractivity contribution in [3.63, 3.8) is 0 Å². The van der Waals surface area contributed by atoms with E-state index >= 15 is 0 Å². The quantitative estimate of drug-likeness (QED) is 0.451. The van der Waals surface area contributed by atoms with E-state index in [0.717, 1.165) is 73.6 Å². The van der Waals surface area contributed by atoms with E-state index in [9.17, 15) is 9.59 Å². The zero-order chi connectivity index (χ0) is 24.8. The normalized spacial score (nSPS) is 16.9. The summed E-state index contributed by atoms with van der Waals surface area (Å²) < 4.78 is 10.6. The lowest BCUT2D eigenvalue weighted by Crippen LogP contribution is -2.40. The van der Waals surface area contributed by atoms with Crippen LogP contribution in [0.5, 0.6) is 0 Å². The van der Waals surface area contributed by atoms with Gasteiger partial charge in [0, 0.05) is 31.5 Å². The number of methoxy groups -OCH3 is 1. The van der Waals surface area contributed by atoms with Gasteiger partial charge < -0.3 is 25.0 Å². The van der Waals surface area contributed by atoms with Crippen LogP contribution in [0.15, 0.2) is 42.5 Å². The van der Waals surface area contributed by atoms with Crippen LogP contribution in [-0.4, -0.2) is 44.9 Å². The van der Waals surface area contributed by atoms with Crippen molar-refractivity contribution >= 4 is 29.1 Å². The van der Waals surface area contributed by atoms with Gasteiger partial charge in [0.15, 0.2) is 0 Å². The van der Waals surface area contributed by atoms with Gasteiger partial charge in [-0.1, -0.05) is 23.8 Å². The van der Waals surface area contributed by atoms with Crippen molar-refractivity contribution in [1.82, 2.24) is 0 Å². The zero-order valence-corrected chi connectivity index (χ0v) is 21.0. The zero-order valence-electron chi connectivity index (χ0n) is 21.0. The van der Waals surface area contributed by atoms with Gasteiger partial charge in [0.25, 0.3) is 0 Å². The van der Waals surface area contributed by atoms with E-state index in [2.05, 4.69) is 40.7 Å². The summed E-state index contributed by atoms with van der Waals surface area (Å²) in [6, 6.07) is 14.1. The number of hydrogen-bond donors (Lipinski definition) is 2. The third-order valence-corrected chi connectivity index (χ3v) is 7.09. The minimum absolute atomic E-state index is 0.0929. The molecule has 2 fully saturated rings. The third-order valence-electron chi connectivity index (χ3n) is 7.09. The van der Waals surface area contributed by atoms with E-state index in [0.29, 0.717) is 18.4 Å². The molecule has 1 heterocycles. The van der Waals surface area contributed by atoms with Crippen LogP contribution in [0.1, 0.15) is 56.1 Å². The van der Waals surface area contributed by atoms with Crippen LogP contribution in [-0.2, 0) is 14.3 Å². The molecule has 188 valence electrons. The average Bonchev–Trinajstić information content (AvgIpc) is 3.71. The maximum atomic E-state index is 13.0. The second-order valence-corrected chi connectivity index (χ2v) is 9.58. The summed E-state index contributed by atoms with van der Waals surface area (Å²) >= 11 is 0. The Morgan fingerprint density at radius 1 is 1.06 bits per heavy atom. The van der Waals surface area contributed by atoms with Crippen LogP contribution in [0.3, 0.4) is 0 Å². The molecule has 1 aliphatic carbocycles. The predicted molar refractivity (Wildman–Crippen MR) is 139 cm³/mol. The molecule has 2 N–H and O–H groups in total. The molecule has 1 unspecified atom stereocenters. The van der Waals surface area contributed by atoms with E-state index in [1.807, 2.05) is 31.2 Å². The maximum Gasteiger partial charge on any atom is 0.323 e. The highest BCUT2D eigenvalue weighted by molar-refractivity contribution is 6.02. The molecular formula is C28H37N3O4. The van der Waals surface area contributed by atoms with Gasteiger partial charge in [-0.05, 0) is 81.2 Å². The third kappa shape index (κ3) is 6.54. The Labute approximate surface area is 208 Å². The first-order valence-electron chi connectivity index (χ1n) is 12.7. The summed E-state index contributed by atoms with van der Waals surface area (Å²) in [5, 5.41) is 6.05. The molecule has 0 bridgehead atoms. The Hall–Kier alpha value is -3.06. The molecular weight excluding hydrogens is 442 g/mol. The van der Waals surface area contributed by atoms with Crippen molar-refractivity contribution in [2.45, 2.75) is 57.9 Å². The molecule has 2 aliphatic rings. The first-order valence-corrected chi connectivity index (χ1v) is 12.7. The molecule has 1 saturated carbocycles. The molecule has 1 atom stereocenters. The molecule has 2 aromatic rings. The molecule has 2 amide bonds. The van der Waals surface area contributed by atoms with Gasteiger partial charge in [-0.15, -0.1) is 0 Å². The number of hydrogen-bond acceptors (Lipinski definition) is 5. The van der Waals surface area contributed by atoms with Gasteiger partial charge in [-0.2, -0.15) is 0 Å². The van der Waals surface area contributed by atoms with Gasteiger partial charge in [0.2, 0.25) is 0 Å². The van der Waals surface area contributed by atoms with Crippen molar-refractivity contribution in [3.8, 4) is 0 Å². The fourth-order valence-corrected chi connectivity index (χ4v) is 5.00. The highest BCUT2D eigenvalue weighted by atomic mass is 16.5. The molecule has 1 saturated heterocycles. The maximum absolute atomic E-state index is 13.0. The number of urea groups is 1. The summed E-state index contributed by atoms with van der Waals surface area (Å²) in [7, 11) is 1.44. The molecule has 0 spiro atoms. The standard InChI is InChI=1S/C28H37N3O4/c1-4-31(23-13-15-35-16-14-23)26-12-9-21(24(20-7-8-20)18-27(32)34-3)17-25(26)30-28(33)29-22-10-5-19(2)6-11-22/h5-6,9-12,17,20,23-24H,4,7-8,13-16,18H2,1-3H3,(H2,29,30,33). The molecule has 7 nitrogen and oxygen atoms in total. The van der Waals surface area contributed by atoms with Gasteiger partial charge in [-0.3, -0.25) is 4.79 Å². The van der Waals surface area contributed by atoms with Crippen molar-refractivity contribution in [2.75, 3.05) is 42.4 Å². The van der Waals surface area contributed by atoms with Gasteiger partial charge >= 0.3 is 12.0 Å². The first kappa shape index (κ1) is 25.0. The molecule has 2 aromatic carbocycles. The predicted octanol–water partition coefficient (Wildman–Crippen LogP) is 5.70. The smallest absolute Gasteiger partial charge is 0.323 e. The summed E-state index contributed by atoms with van der Waals surface area (Å²) in [6.45, 7) is 6.48. The minimum atomic E-state index is -0.286. The van der Waals surface area contributed by atoms with Gasteiger partial charge in [-0.25, -0.2) is 4.79 Å². The van der Waals surface area contributed by atoms with Crippen LogP contribution >= 0.6 is 0 Å². The topological polar surface area (TPSA) is 79.9 Å². The van der Waals surface area contributed by atoms with E-state index in [1.165, 1.54) is 7.11 Å². The number of aryl methyl sites for hydroxylation is 1. The Balaban J connectivity index is 1.63. The number of ether oxygens (including phenoxy) is 2. The van der Waals surface area contributed by atoms with Gasteiger partial charge in [0.05, 0.1) is 24.9 Å². The summed E-state index contributed by atoms with van der Waals surface area (Å²) in [6.07, 6.45) is 4.49. The Kier molecular flexibility index (Phi) is 8.29. The van der Waals surface area contributed by atoms with Gasteiger partial charge in [0.1, 0.15) is 0 Å². The Morgan fingerprint density at radius 2 is 1.77 bits per heavy atom. The lowest BCUT2D eigenvalue weighted by Gasteiger charge is -2.36. The fraction of sp³-hybridized carbons (Fsp3) is 0.500. The number of carbonyl (C=O) groups is 2. The Morgan fingerprint density at radius 3 is 2.40 bits per heavy atom. The summed E-state index contributed by atoms with van der Waals surface area (Å²) in [4.78, 5) is 27.5. The van der Waals surface area contributed by atoms with Crippen molar-refractivity contribution in [3.05, 3.63) is 53.6 Å². The SMILES string of the molecule is CCN(c1ccc(C(CC(=O)OC)C2CC2)cc1NC(=O)Nc1ccc(C)cc1)C1CCOCC1. The van der Waals surface area contributed by atoms with Crippen LogP contribution in [0.2, 0.25) is 0 Å². The number of rotatable bonds is 9. The molecule has 4 rings (SSSR count). The largest absolute Gasteiger partial charge is 0.469 e. The number of nitrogens with one attached hydrogen (secondary N) is 2. The van der Waals surface area contributed by atoms with E-state index in [4.69, 9.17) is 9.47 Å². The number of anilines is 3. The second-order valence-electron chi connectivity index (χ2n) is 9.58. The van der Waals surface area contributed by atoms with Crippen molar-refractivity contribution in [2.24, 2.45) is 5.92 Å². The molecule has 0 aromatic heterocycles. The minimum Gasteiger partial charge on any atom is -0.469 e. The number of nitrogens with zero attached hydrogens (tertiary/aromatic N) is 1. The number of esters is 1. The number of benzene rings is 2. The Bertz CT molecular complexity index is 1010. The lowest BCUT2D eigenvalue weighted by atomic mass is 9.90. The van der Waals surface area contributed by atoms with Crippen LogP contribution in [0.25, 0.3) is 0 Å². The van der Waals surface area contributed by atoms with E-state index in [1.54, 1.807) is 0 Å². The molecule has 35 heavy (non-hydrogen) atoms. The van der Waals surface area contributed by atoms with E-state index < -0.39 is 0 Å². The van der Waals surface area contributed by atoms with Crippen LogP contribution < -0.4 is 15.5 Å². The highest BCUT2D eigenvalue weighted by Crippen LogP contribution is 2.46. The second kappa shape index (κ2) is 11.6.